The van der Waals surface area contributed by atoms with Crippen molar-refractivity contribution in [2.24, 2.45) is 0 Å². The lowest BCUT2D eigenvalue weighted by Gasteiger charge is -2.30. The predicted octanol–water partition coefficient (Wildman–Crippen LogP) is -0.904. The Hall–Kier alpha value is -0.300. The van der Waals surface area contributed by atoms with Crippen molar-refractivity contribution in [3.05, 3.63) is 0 Å². The fourth-order valence-corrected chi connectivity index (χ4v) is 2.83. The van der Waals surface area contributed by atoms with Gasteiger partial charge in [-0.15, -0.1) is 11.8 Å². The maximum Gasteiger partial charge on any atom is 0.238 e. The van der Waals surface area contributed by atoms with E-state index in [2.05, 4.69) is 22.6 Å². The van der Waals surface area contributed by atoms with Gasteiger partial charge in [-0.3, -0.25) is 10.1 Å². The second-order valence-electron chi connectivity index (χ2n) is 4.27. The summed E-state index contributed by atoms with van der Waals surface area (Å²) in [6.45, 7) is 3.25. The number of ether oxygens (including phenoxy) is 1. The summed E-state index contributed by atoms with van der Waals surface area (Å²) in [7, 11) is 2.08. The van der Waals surface area contributed by atoms with Crippen LogP contribution in [0, 0.1) is 0 Å². The van der Waals surface area contributed by atoms with Crippen molar-refractivity contribution in [2.75, 3.05) is 44.9 Å². The van der Waals surface area contributed by atoms with Crippen molar-refractivity contribution >= 4 is 17.7 Å². The summed E-state index contributed by atoms with van der Waals surface area (Å²) in [4.78, 5) is 13.9. The van der Waals surface area contributed by atoms with Crippen LogP contribution in [0.3, 0.4) is 0 Å². The summed E-state index contributed by atoms with van der Waals surface area (Å²) < 4.78 is 5.58. The van der Waals surface area contributed by atoms with Crippen LogP contribution in [0.4, 0.5) is 0 Å². The molecule has 2 aliphatic heterocycles. The number of likely N-dealkylation sites (N-methyl/N-ethyl adjacent to an activating group) is 1. The molecule has 0 aromatic rings. The second kappa shape index (κ2) is 5.86. The standard InChI is InChI=1S/C10H19N3O2S/c1-13-2-3-15-8(5-13)4-11-10(14)9-6-16-7-12-9/h8-9,12H,2-7H2,1H3,(H,11,14). The number of nitrogens with one attached hydrogen (secondary N) is 2. The Kier molecular flexibility index (Phi) is 4.45. The first-order valence-electron chi connectivity index (χ1n) is 5.64. The summed E-state index contributed by atoms with van der Waals surface area (Å²) in [6, 6.07) is -0.0219. The molecule has 5 nitrogen and oxygen atoms in total. The van der Waals surface area contributed by atoms with Gasteiger partial charge in [-0.05, 0) is 7.05 Å². The molecule has 0 saturated carbocycles. The zero-order chi connectivity index (χ0) is 11.4. The minimum Gasteiger partial charge on any atom is -0.374 e. The monoisotopic (exact) mass is 245 g/mol. The smallest absolute Gasteiger partial charge is 0.238 e. The van der Waals surface area contributed by atoms with Gasteiger partial charge in [0.15, 0.2) is 0 Å². The van der Waals surface area contributed by atoms with Crippen LogP contribution in [-0.4, -0.2) is 67.9 Å². The average Bonchev–Trinajstić information content (AvgIpc) is 2.79. The van der Waals surface area contributed by atoms with E-state index >= 15 is 0 Å². The third-order valence-corrected chi connectivity index (χ3v) is 3.82. The van der Waals surface area contributed by atoms with Gasteiger partial charge in [0.25, 0.3) is 0 Å². The summed E-state index contributed by atoms with van der Waals surface area (Å²) in [5.41, 5.74) is 0. The van der Waals surface area contributed by atoms with Crippen molar-refractivity contribution in [2.45, 2.75) is 12.1 Å². The molecule has 2 heterocycles. The summed E-state index contributed by atoms with van der Waals surface area (Å²) in [5, 5.41) is 6.10. The van der Waals surface area contributed by atoms with Gasteiger partial charge < -0.3 is 15.0 Å². The topological polar surface area (TPSA) is 53.6 Å². The Bertz CT molecular complexity index is 246. The highest BCUT2D eigenvalue weighted by molar-refractivity contribution is 7.99. The molecule has 6 heteroatoms. The maximum atomic E-state index is 11.7. The SMILES string of the molecule is CN1CCOC(CNC(=O)C2CSCN2)C1. The minimum atomic E-state index is -0.0219. The molecule has 2 atom stereocenters. The van der Waals surface area contributed by atoms with E-state index in [1.165, 1.54) is 0 Å². The van der Waals surface area contributed by atoms with Gasteiger partial charge in [0.2, 0.25) is 5.91 Å². The van der Waals surface area contributed by atoms with E-state index in [1.54, 1.807) is 11.8 Å². The van der Waals surface area contributed by atoms with Gasteiger partial charge >= 0.3 is 0 Å². The van der Waals surface area contributed by atoms with E-state index in [1.807, 2.05) is 0 Å². The number of hydrogen-bond donors (Lipinski definition) is 2. The molecule has 0 aromatic carbocycles. The Morgan fingerprint density at radius 3 is 3.25 bits per heavy atom. The van der Waals surface area contributed by atoms with Crippen molar-refractivity contribution < 1.29 is 9.53 Å². The lowest BCUT2D eigenvalue weighted by atomic mass is 10.2. The molecule has 2 N–H and O–H groups in total. The largest absolute Gasteiger partial charge is 0.374 e. The van der Waals surface area contributed by atoms with Gasteiger partial charge in [0.05, 0.1) is 18.8 Å². The van der Waals surface area contributed by atoms with E-state index in [0.29, 0.717) is 6.54 Å². The number of morpholine rings is 1. The van der Waals surface area contributed by atoms with E-state index in [-0.39, 0.29) is 18.1 Å². The third-order valence-electron chi connectivity index (χ3n) is 2.88. The molecular weight excluding hydrogens is 226 g/mol. The highest BCUT2D eigenvalue weighted by Gasteiger charge is 2.24. The summed E-state index contributed by atoms with van der Waals surface area (Å²) in [5.74, 6) is 1.85. The molecule has 2 saturated heterocycles. The molecule has 2 fully saturated rings. The van der Waals surface area contributed by atoms with Gasteiger partial charge in [0, 0.05) is 31.3 Å². The fourth-order valence-electron chi connectivity index (χ4n) is 1.89. The van der Waals surface area contributed by atoms with E-state index in [0.717, 1.165) is 31.3 Å². The molecule has 2 unspecified atom stereocenters. The first-order chi connectivity index (χ1) is 7.75. The summed E-state index contributed by atoms with van der Waals surface area (Å²) in [6.07, 6.45) is 0.136. The minimum absolute atomic E-state index is 0.0219. The Labute approximate surface area is 100 Å². The Balaban J connectivity index is 1.67. The highest BCUT2D eigenvalue weighted by atomic mass is 32.2. The van der Waals surface area contributed by atoms with Crippen LogP contribution in [0.1, 0.15) is 0 Å². The molecule has 0 aromatic heterocycles. The zero-order valence-electron chi connectivity index (χ0n) is 9.57. The van der Waals surface area contributed by atoms with Gasteiger partial charge in [-0.1, -0.05) is 0 Å². The molecule has 16 heavy (non-hydrogen) atoms. The Morgan fingerprint density at radius 1 is 1.69 bits per heavy atom. The first-order valence-corrected chi connectivity index (χ1v) is 6.80. The number of carbonyl (C=O) groups excluding carboxylic acids is 1. The van der Waals surface area contributed by atoms with Crippen LogP contribution in [0.25, 0.3) is 0 Å². The van der Waals surface area contributed by atoms with Crippen molar-refractivity contribution in [1.82, 2.24) is 15.5 Å². The molecule has 0 aliphatic carbocycles. The van der Waals surface area contributed by atoms with Crippen LogP contribution in [0.5, 0.6) is 0 Å². The number of thioether (sulfide) groups is 1. The van der Waals surface area contributed by atoms with Gasteiger partial charge in [-0.2, -0.15) is 0 Å². The van der Waals surface area contributed by atoms with Gasteiger partial charge in [-0.25, -0.2) is 0 Å². The van der Waals surface area contributed by atoms with Crippen LogP contribution in [0.2, 0.25) is 0 Å². The molecule has 2 aliphatic rings. The number of nitrogens with zero attached hydrogens (tertiary/aromatic N) is 1. The molecule has 92 valence electrons. The normalized spacial score (nSPS) is 31.6. The quantitative estimate of drug-likeness (QED) is 0.675. The Morgan fingerprint density at radius 2 is 2.56 bits per heavy atom. The predicted molar refractivity (Wildman–Crippen MR) is 64.5 cm³/mol. The lowest BCUT2D eigenvalue weighted by molar-refractivity contribution is -0.123. The zero-order valence-corrected chi connectivity index (χ0v) is 10.4. The number of hydrogen-bond acceptors (Lipinski definition) is 5. The van der Waals surface area contributed by atoms with Crippen molar-refractivity contribution in [1.29, 1.82) is 0 Å². The number of carbonyl (C=O) groups is 1. The molecule has 0 bridgehead atoms. The molecular formula is C10H19N3O2S. The molecule has 2 rings (SSSR count). The molecule has 0 radical (unpaired) electrons. The second-order valence-corrected chi connectivity index (χ2v) is 5.30. The van der Waals surface area contributed by atoms with E-state index in [4.69, 9.17) is 4.74 Å². The lowest BCUT2D eigenvalue weighted by Crippen LogP contribution is -2.49. The van der Waals surface area contributed by atoms with Crippen LogP contribution >= 0.6 is 11.8 Å². The van der Waals surface area contributed by atoms with Crippen LogP contribution in [-0.2, 0) is 9.53 Å². The fraction of sp³-hybridized carbons (Fsp3) is 0.900. The van der Waals surface area contributed by atoms with Crippen LogP contribution < -0.4 is 10.6 Å². The van der Waals surface area contributed by atoms with Crippen molar-refractivity contribution in [3.8, 4) is 0 Å². The van der Waals surface area contributed by atoms with E-state index < -0.39 is 0 Å². The highest BCUT2D eigenvalue weighted by Crippen LogP contribution is 2.09. The first kappa shape index (κ1) is 12.2. The average molecular weight is 245 g/mol. The number of rotatable bonds is 3. The summed E-state index contributed by atoms with van der Waals surface area (Å²) >= 11 is 1.76. The molecule has 1 amide bonds. The third kappa shape index (κ3) is 3.35. The van der Waals surface area contributed by atoms with Gasteiger partial charge in [0.1, 0.15) is 0 Å². The molecule has 0 spiro atoms. The number of amides is 1. The maximum absolute atomic E-state index is 11.7. The van der Waals surface area contributed by atoms with Crippen LogP contribution in [0.15, 0.2) is 0 Å². The van der Waals surface area contributed by atoms with E-state index in [9.17, 15) is 4.79 Å². The van der Waals surface area contributed by atoms with Crippen molar-refractivity contribution in [3.63, 3.8) is 0 Å².